The fourth-order valence-corrected chi connectivity index (χ4v) is 2.84. The summed E-state index contributed by atoms with van der Waals surface area (Å²) in [6, 6.07) is 14.8. The van der Waals surface area contributed by atoms with Crippen molar-refractivity contribution in [3.8, 4) is 5.75 Å². The van der Waals surface area contributed by atoms with Crippen molar-refractivity contribution >= 4 is 17.5 Å². The van der Waals surface area contributed by atoms with Gasteiger partial charge < -0.3 is 20.7 Å². The summed E-state index contributed by atoms with van der Waals surface area (Å²) in [5, 5.41) is 8.63. The normalized spacial score (nSPS) is 15.8. The topological polar surface area (TPSA) is 79.5 Å². The van der Waals surface area contributed by atoms with Crippen LogP contribution >= 0.6 is 0 Å². The minimum Gasteiger partial charge on any atom is -0.497 e. The summed E-state index contributed by atoms with van der Waals surface area (Å²) in [7, 11) is 1.57. The van der Waals surface area contributed by atoms with Gasteiger partial charge >= 0.3 is 0 Å². The van der Waals surface area contributed by atoms with Gasteiger partial charge in [-0.3, -0.25) is 9.59 Å². The molecule has 6 heteroatoms. The summed E-state index contributed by atoms with van der Waals surface area (Å²) >= 11 is 0. The lowest BCUT2D eigenvalue weighted by molar-refractivity contribution is -0.125. The zero-order chi connectivity index (χ0) is 17.6. The molecule has 2 aromatic carbocycles. The van der Waals surface area contributed by atoms with Gasteiger partial charge in [0.2, 0.25) is 11.8 Å². The van der Waals surface area contributed by atoms with Crippen molar-refractivity contribution in [1.29, 1.82) is 0 Å². The van der Waals surface area contributed by atoms with E-state index in [2.05, 4.69) is 22.0 Å². The molecule has 0 bridgehead atoms. The summed E-state index contributed by atoms with van der Waals surface area (Å²) in [6.07, 6.45) is 0.625. The van der Waals surface area contributed by atoms with Crippen LogP contribution in [0.2, 0.25) is 0 Å². The summed E-state index contributed by atoms with van der Waals surface area (Å²) in [5.74, 6) is 0.208. The number of hydrogen-bond donors (Lipinski definition) is 3. The quantitative estimate of drug-likeness (QED) is 0.771. The molecule has 130 valence electrons. The van der Waals surface area contributed by atoms with Gasteiger partial charge in [0.25, 0.3) is 0 Å². The second kappa shape index (κ2) is 7.81. The summed E-state index contributed by atoms with van der Waals surface area (Å²) < 4.78 is 5.11. The standard InChI is InChI=1S/C19H21N3O3/c1-25-16-8-4-7-15(10-16)22-18(23)12-21-19(24)17-9-13-5-2-3-6-14(13)11-20-17/h2-8,10,17,20H,9,11-12H2,1H3,(H,21,24)(H,22,23). The van der Waals surface area contributed by atoms with Gasteiger partial charge in [0.05, 0.1) is 19.7 Å². The van der Waals surface area contributed by atoms with Gasteiger partial charge in [-0.25, -0.2) is 0 Å². The Labute approximate surface area is 146 Å². The van der Waals surface area contributed by atoms with E-state index in [1.54, 1.807) is 31.4 Å². The minimum atomic E-state index is -0.320. The van der Waals surface area contributed by atoms with Gasteiger partial charge in [0.15, 0.2) is 0 Å². The number of rotatable bonds is 5. The Morgan fingerprint density at radius 3 is 2.76 bits per heavy atom. The second-order valence-corrected chi connectivity index (χ2v) is 5.90. The fourth-order valence-electron chi connectivity index (χ4n) is 2.84. The Kier molecular flexibility index (Phi) is 5.30. The number of nitrogens with one attached hydrogen (secondary N) is 3. The molecule has 1 heterocycles. The maximum absolute atomic E-state index is 12.3. The van der Waals surface area contributed by atoms with E-state index in [9.17, 15) is 9.59 Å². The maximum Gasteiger partial charge on any atom is 0.243 e. The van der Waals surface area contributed by atoms with E-state index in [4.69, 9.17) is 4.74 Å². The lowest BCUT2D eigenvalue weighted by atomic mass is 9.95. The van der Waals surface area contributed by atoms with E-state index in [1.165, 1.54) is 11.1 Å². The lowest BCUT2D eigenvalue weighted by Gasteiger charge is -2.25. The Morgan fingerprint density at radius 2 is 1.96 bits per heavy atom. The average Bonchev–Trinajstić information content (AvgIpc) is 2.65. The molecule has 3 N–H and O–H groups in total. The van der Waals surface area contributed by atoms with Crippen LogP contribution in [0.5, 0.6) is 5.75 Å². The average molecular weight is 339 g/mol. The molecular weight excluding hydrogens is 318 g/mol. The molecule has 1 aliphatic rings. The van der Waals surface area contributed by atoms with Crippen LogP contribution in [-0.4, -0.2) is 31.5 Å². The number of anilines is 1. The van der Waals surface area contributed by atoms with Crippen molar-refractivity contribution in [3.63, 3.8) is 0 Å². The zero-order valence-corrected chi connectivity index (χ0v) is 14.0. The van der Waals surface area contributed by atoms with Crippen LogP contribution in [0.25, 0.3) is 0 Å². The van der Waals surface area contributed by atoms with Crippen LogP contribution < -0.4 is 20.7 Å². The zero-order valence-electron chi connectivity index (χ0n) is 14.0. The van der Waals surface area contributed by atoms with Gasteiger partial charge in [-0.1, -0.05) is 30.3 Å². The molecule has 2 amide bonds. The van der Waals surface area contributed by atoms with Gasteiger partial charge in [-0.2, -0.15) is 0 Å². The molecule has 0 aromatic heterocycles. The lowest BCUT2D eigenvalue weighted by Crippen LogP contribution is -2.49. The first-order valence-electron chi connectivity index (χ1n) is 8.17. The van der Waals surface area contributed by atoms with Crippen LogP contribution in [0.4, 0.5) is 5.69 Å². The van der Waals surface area contributed by atoms with Gasteiger partial charge in [-0.15, -0.1) is 0 Å². The molecule has 0 fully saturated rings. The largest absolute Gasteiger partial charge is 0.497 e. The highest BCUT2D eigenvalue weighted by molar-refractivity contribution is 5.95. The summed E-state index contributed by atoms with van der Waals surface area (Å²) in [5.41, 5.74) is 3.01. The van der Waals surface area contributed by atoms with E-state index in [0.717, 1.165) is 0 Å². The molecule has 0 spiro atoms. The number of ether oxygens (including phenoxy) is 1. The van der Waals surface area contributed by atoms with E-state index < -0.39 is 0 Å². The molecule has 1 aliphatic heterocycles. The third-order valence-electron chi connectivity index (χ3n) is 4.17. The van der Waals surface area contributed by atoms with Crippen molar-refractivity contribution in [2.75, 3.05) is 19.0 Å². The Balaban J connectivity index is 1.50. The number of carbonyl (C=O) groups excluding carboxylic acids is 2. The predicted octanol–water partition coefficient (Wildman–Crippen LogP) is 1.46. The van der Waals surface area contributed by atoms with Crippen LogP contribution in [0, 0.1) is 0 Å². The molecule has 3 rings (SSSR count). The maximum atomic E-state index is 12.3. The molecule has 1 unspecified atom stereocenters. The smallest absolute Gasteiger partial charge is 0.243 e. The van der Waals surface area contributed by atoms with Crippen LogP contribution in [-0.2, 0) is 22.6 Å². The van der Waals surface area contributed by atoms with E-state index in [-0.39, 0.29) is 24.4 Å². The fraction of sp³-hybridized carbons (Fsp3) is 0.263. The third-order valence-corrected chi connectivity index (χ3v) is 4.17. The molecule has 0 saturated heterocycles. The number of methoxy groups -OCH3 is 1. The summed E-state index contributed by atoms with van der Waals surface area (Å²) in [6.45, 7) is 0.583. The molecule has 2 aromatic rings. The van der Waals surface area contributed by atoms with E-state index >= 15 is 0 Å². The molecule has 1 atom stereocenters. The monoisotopic (exact) mass is 339 g/mol. The van der Waals surface area contributed by atoms with Crippen LogP contribution in [0.1, 0.15) is 11.1 Å². The molecule has 0 aliphatic carbocycles. The van der Waals surface area contributed by atoms with E-state index in [1.807, 2.05) is 18.2 Å². The van der Waals surface area contributed by atoms with Crippen molar-refractivity contribution in [1.82, 2.24) is 10.6 Å². The van der Waals surface area contributed by atoms with E-state index in [0.29, 0.717) is 24.4 Å². The highest BCUT2D eigenvalue weighted by Gasteiger charge is 2.23. The van der Waals surface area contributed by atoms with Crippen molar-refractivity contribution in [3.05, 3.63) is 59.7 Å². The molecule has 0 radical (unpaired) electrons. The van der Waals surface area contributed by atoms with Crippen molar-refractivity contribution < 1.29 is 14.3 Å². The van der Waals surface area contributed by atoms with Gasteiger partial charge in [-0.05, 0) is 29.7 Å². The first kappa shape index (κ1) is 17.0. The molecule has 6 nitrogen and oxygen atoms in total. The number of carbonyl (C=O) groups is 2. The van der Waals surface area contributed by atoms with Gasteiger partial charge in [0, 0.05) is 18.3 Å². The number of hydrogen-bond acceptors (Lipinski definition) is 4. The second-order valence-electron chi connectivity index (χ2n) is 5.90. The number of fused-ring (bicyclic) bond motifs is 1. The summed E-state index contributed by atoms with van der Waals surface area (Å²) in [4.78, 5) is 24.3. The highest BCUT2D eigenvalue weighted by atomic mass is 16.5. The Hall–Kier alpha value is -2.86. The first-order chi connectivity index (χ1) is 12.2. The van der Waals surface area contributed by atoms with Crippen LogP contribution in [0.15, 0.2) is 48.5 Å². The van der Waals surface area contributed by atoms with Crippen LogP contribution in [0.3, 0.4) is 0 Å². The predicted molar refractivity (Wildman–Crippen MR) is 95.4 cm³/mol. The number of benzene rings is 2. The third kappa shape index (κ3) is 4.36. The Bertz CT molecular complexity index is 776. The molecule has 25 heavy (non-hydrogen) atoms. The SMILES string of the molecule is COc1cccc(NC(=O)CNC(=O)C2Cc3ccccc3CN2)c1. The molecular formula is C19H21N3O3. The van der Waals surface area contributed by atoms with Gasteiger partial charge in [0.1, 0.15) is 5.75 Å². The highest BCUT2D eigenvalue weighted by Crippen LogP contribution is 2.17. The minimum absolute atomic E-state index is 0.0735. The molecule has 0 saturated carbocycles. The first-order valence-corrected chi connectivity index (χ1v) is 8.17. The Morgan fingerprint density at radius 1 is 1.16 bits per heavy atom. The number of amides is 2. The van der Waals surface area contributed by atoms with Crippen molar-refractivity contribution in [2.45, 2.75) is 19.0 Å². The van der Waals surface area contributed by atoms with Crippen molar-refractivity contribution in [2.24, 2.45) is 0 Å².